The molecule has 0 aliphatic carbocycles. The number of hydrogen-bond acceptors (Lipinski definition) is 6. The summed E-state index contributed by atoms with van der Waals surface area (Å²) in [6.45, 7) is 6.01. The number of imidazole rings is 1. The first kappa shape index (κ1) is 14.8. The van der Waals surface area contributed by atoms with Gasteiger partial charge >= 0.3 is 5.82 Å². The third kappa shape index (κ3) is 2.41. The van der Waals surface area contributed by atoms with Gasteiger partial charge in [-0.15, -0.1) is 0 Å². The first-order chi connectivity index (χ1) is 10.5. The van der Waals surface area contributed by atoms with E-state index in [1.807, 2.05) is 23.6 Å². The Morgan fingerprint density at radius 3 is 2.64 bits per heavy atom. The summed E-state index contributed by atoms with van der Waals surface area (Å²) < 4.78 is 1.51. The Balaban J connectivity index is 1.82. The Labute approximate surface area is 131 Å². The first-order valence-electron chi connectivity index (χ1n) is 7.12. The lowest BCUT2D eigenvalue weighted by atomic mass is 10.1. The number of nitro groups is 1. The van der Waals surface area contributed by atoms with Gasteiger partial charge in [-0.3, -0.25) is 4.79 Å². The number of amides is 1. The number of anilines is 1. The van der Waals surface area contributed by atoms with E-state index in [9.17, 15) is 14.9 Å². The minimum atomic E-state index is -0.395. The van der Waals surface area contributed by atoms with Crippen LogP contribution in [0.25, 0.3) is 4.96 Å². The predicted octanol–water partition coefficient (Wildman–Crippen LogP) is 1.61. The third-order valence-corrected chi connectivity index (χ3v) is 4.53. The van der Waals surface area contributed by atoms with Gasteiger partial charge in [-0.05, 0) is 4.92 Å². The van der Waals surface area contributed by atoms with Crippen LogP contribution in [0.1, 0.15) is 13.8 Å². The highest BCUT2D eigenvalue weighted by molar-refractivity contribution is 7.15. The highest BCUT2D eigenvalue weighted by atomic mass is 32.1. The summed E-state index contributed by atoms with van der Waals surface area (Å²) in [5.41, 5.74) is 0. The molecule has 0 radical (unpaired) electrons. The summed E-state index contributed by atoms with van der Waals surface area (Å²) in [4.78, 5) is 31.7. The molecule has 1 saturated heterocycles. The maximum absolute atomic E-state index is 12.0. The van der Waals surface area contributed by atoms with Gasteiger partial charge < -0.3 is 19.9 Å². The molecule has 3 heterocycles. The van der Waals surface area contributed by atoms with E-state index in [0.717, 1.165) is 0 Å². The lowest BCUT2D eigenvalue weighted by Crippen LogP contribution is -2.50. The highest BCUT2D eigenvalue weighted by Gasteiger charge is 2.31. The van der Waals surface area contributed by atoms with E-state index in [0.29, 0.717) is 37.0 Å². The first-order valence-corrected chi connectivity index (χ1v) is 8.00. The molecule has 0 atom stereocenters. The summed E-state index contributed by atoms with van der Waals surface area (Å²) in [7, 11) is 0. The maximum atomic E-state index is 12.0. The SMILES string of the molecule is CC(C)C(=O)N1CCN(c2nc3sccn3c2[N+](=O)[O-])CC1. The normalized spacial score (nSPS) is 15.8. The number of thiazole rings is 1. The fraction of sp³-hybridized carbons (Fsp3) is 0.538. The Morgan fingerprint density at radius 1 is 1.36 bits per heavy atom. The molecule has 2 aromatic heterocycles. The van der Waals surface area contributed by atoms with Crippen LogP contribution in [0.4, 0.5) is 11.6 Å². The fourth-order valence-corrected chi connectivity index (χ4v) is 3.35. The second-order valence-electron chi connectivity index (χ2n) is 5.54. The molecule has 9 heteroatoms. The van der Waals surface area contributed by atoms with Crippen molar-refractivity contribution in [3.63, 3.8) is 0 Å². The molecule has 8 nitrogen and oxygen atoms in total. The topological polar surface area (TPSA) is 84.0 Å². The number of hydrogen-bond donors (Lipinski definition) is 0. The molecule has 0 bridgehead atoms. The molecule has 0 N–H and O–H groups in total. The van der Waals surface area contributed by atoms with Crippen LogP contribution in [0.2, 0.25) is 0 Å². The van der Waals surface area contributed by atoms with Crippen LogP contribution in [0.5, 0.6) is 0 Å². The van der Waals surface area contributed by atoms with Gasteiger partial charge in [0.05, 0.1) is 0 Å². The van der Waals surface area contributed by atoms with E-state index < -0.39 is 4.92 Å². The quantitative estimate of drug-likeness (QED) is 0.633. The average molecular weight is 323 g/mol. The maximum Gasteiger partial charge on any atom is 0.373 e. The largest absolute Gasteiger partial charge is 0.373 e. The van der Waals surface area contributed by atoms with Crippen molar-refractivity contribution in [2.75, 3.05) is 31.1 Å². The molecule has 3 rings (SSSR count). The van der Waals surface area contributed by atoms with Crippen molar-refractivity contribution in [1.82, 2.24) is 14.3 Å². The van der Waals surface area contributed by atoms with Gasteiger partial charge in [0.2, 0.25) is 11.7 Å². The molecule has 118 valence electrons. The number of rotatable bonds is 3. The van der Waals surface area contributed by atoms with Gasteiger partial charge in [-0.2, -0.15) is 9.38 Å². The molecular formula is C13H17N5O3S. The van der Waals surface area contributed by atoms with Crippen LogP contribution in [0, 0.1) is 16.0 Å². The molecule has 1 aliphatic heterocycles. The smallest absolute Gasteiger partial charge is 0.358 e. The van der Waals surface area contributed by atoms with Gasteiger partial charge in [0.25, 0.3) is 4.96 Å². The number of piperazine rings is 1. The summed E-state index contributed by atoms with van der Waals surface area (Å²) in [5, 5.41) is 13.1. The van der Waals surface area contributed by atoms with Gasteiger partial charge in [-0.25, -0.2) is 0 Å². The molecule has 1 amide bonds. The summed E-state index contributed by atoms with van der Waals surface area (Å²) in [6, 6.07) is 0. The molecular weight excluding hydrogens is 306 g/mol. The summed E-state index contributed by atoms with van der Waals surface area (Å²) in [5.74, 6) is 0.493. The van der Waals surface area contributed by atoms with Gasteiger partial charge in [0.15, 0.2) is 0 Å². The second kappa shape index (κ2) is 5.56. The minimum absolute atomic E-state index is 0.000105. The predicted molar refractivity (Wildman–Crippen MR) is 83.4 cm³/mol. The van der Waals surface area contributed by atoms with E-state index in [1.54, 1.807) is 11.6 Å². The highest BCUT2D eigenvalue weighted by Crippen LogP contribution is 2.31. The zero-order valence-corrected chi connectivity index (χ0v) is 13.2. The molecule has 0 saturated carbocycles. The molecule has 2 aromatic rings. The van der Waals surface area contributed by atoms with Gasteiger partial charge in [-0.1, -0.05) is 25.2 Å². The van der Waals surface area contributed by atoms with Crippen molar-refractivity contribution >= 4 is 33.8 Å². The van der Waals surface area contributed by atoms with Gasteiger partial charge in [0.1, 0.15) is 6.20 Å². The van der Waals surface area contributed by atoms with Crippen LogP contribution in [0.3, 0.4) is 0 Å². The Morgan fingerprint density at radius 2 is 2.05 bits per heavy atom. The lowest BCUT2D eigenvalue weighted by Gasteiger charge is -2.35. The minimum Gasteiger partial charge on any atom is -0.358 e. The Kier molecular flexibility index (Phi) is 3.73. The van der Waals surface area contributed by atoms with Crippen molar-refractivity contribution in [3.05, 3.63) is 21.7 Å². The third-order valence-electron chi connectivity index (χ3n) is 3.78. The van der Waals surface area contributed by atoms with E-state index in [1.165, 1.54) is 15.7 Å². The fourth-order valence-electron chi connectivity index (χ4n) is 2.65. The Bertz CT molecular complexity index is 714. The average Bonchev–Trinajstić information content (AvgIpc) is 3.06. The standard InChI is InChI=1S/C13H17N5O3S/c1-9(2)12(19)16-5-3-15(4-6-16)10-11(18(20)21)17-7-8-22-13(17)14-10/h7-9H,3-6H2,1-2H3. The summed E-state index contributed by atoms with van der Waals surface area (Å²) in [6.07, 6.45) is 1.66. The van der Waals surface area contributed by atoms with E-state index in [-0.39, 0.29) is 17.6 Å². The van der Waals surface area contributed by atoms with Crippen LogP contribution >= 0.6 is 11.3 Å². The zero-order chi connectivity index (χ0) is 15.9. The number of aromatic nitrogens is 2. The zero-order valence-electron chi connectivity index (χ0n) is 12.4. The van der Waals surface area contributed by atoms with Gasteiger partial charge in [0, 0.05) is 37.5 Å². The molecule has 1 aliphatic rings. The monoisotopic (exact) mass is 323 g/mol. The van der Waals surface area contributed by atoms with Crippen LogP contribution in [-0.2, 0) is 4.79 Å². The van der Waals surface area contributed by atoms with E-state index in [4.69, 9.17) is 0 Å². The van der Waals surface area contributed by atoms with Crippen LogP contribution in [-0.4, -0.2) is 51.3 Å². The van der Waals surface area contributed by atoms with Crippen molar-refractivity contribution < 1.29 is 9.72 Å². The van der Waals surface area contributed by atoms with Crippen molar-refractivity contribution in [2.45, 2.75) is 13.8 Å². The second-order valence-corrected chi connectivity index (χ2v) is 6.41. The molecule has 22 heavy (non-hydrogen) atoms. The molecule has 0 aromatic carbocycles. The number of carbonyl (C=O) groups excluding carboxylic acids is 1. The van der Waals surface area contributed by atoms with Crippen molar-refractivity contribution in [2.24, 2.45) is 5.92 Å². The van der Waals surface area contributed by atoms with E-state index in [2.05, 4.69) is 4.98 Å². The Hall–Kier alpha value is -2.16. The van der Waals surface area contributed by atoms with Crippen molar-refractivity contribution in [3.8, 4) is 0 Å². The summed E-state index contributed by atoms with van der Waals surface area (Å²) >= 11 is 1.37. The van der Waals surface area contributed by atoms with Crippen LogP contribution in [0.15, 0.2) is 11.6 Å². The number of carbonyl (C=O) groups is 1. The molecule has 0 spiro atoms. The molecule has 0 unspecified atom stereocenters. The van der Waals surface area contributed by atoms with Crippen molar-refractivity contribution in [1.29, 1.82) is 0 Å². The van der Waals surface area contributed by atoms with E-state index >= 15 is 0 Å². The number of fused-ring (bicyclic) bond motifs is 1. The molecule has 1 fully saturated rings. The number of nitrogens with zero attached hydrogens (tertiary/aromatic N) is 5. The van der Waals surface area contributed by atoms with Crippen LogP contribution < -0.4 is 4.90 Å². The lowest BCUT2D eigenvalue weighted by molar-refractivity contribution is -0.389.